The van der Waals surface area contributed by atoms with Crippen molar-refractivity contribution in [3.8, 4) is 0 Å². The molecule has 1 aromatic heterocycles. The molecule has 8 heteroatoms. The molecule has 2 N–H and O–H groups in total. The van der Waals surface area contributed by atoms with E-state index in [2.05, 4.69) is 15.6 Å². The maximum Gasteiger partial charge on any atom is 0.239 e. The second-order valence-electron chi connectivity index (χ2n) is 8.13. The topological polar surface area (TPSA) is 91.4 Å². The van der Waals surface area contributed by atoms with Gasteiger partial charge in [-0.15, -0.1) is 0 Å². The third-order valence-corrected chi connectivity index (χ3v) is 5.55. The maximum absolute atomic E-state index is 13.0. The number of pyridine rings is 1. The lowest BCUT2D eigenvalue weighted by atomic mass is 10.1. The Morgan fingerprint density at radius 2 is 1.78 bits per heavy atom. The molecular formula is C24H29FN4O3. The first-order chi connectivity index (χ1) is 15.4. The van der Waals surface area contributed by atoms with Gasteiger partial charge in [-0.3, -0.25) is 14.4 Å². The first-order valence-corrected chi connectivity index (χ1v) is 10.9. The largest absolute Gasteiger partial charge is 0.350 e. The molecule has 0 bridgehead atoms. The Morgan fingerprint density at radius 1 is 1.06 bits per heavy atom. The molecule has 170 valence electrons. The van der Waals surface area contributed by atoms with Crippen LogP contribution in [-0.2, 0) is 20.9 Å². The normalized spacial score (nSPS) is 13.6. The minimum Gasteiger partial charge on any atom is -0.350 e. The zero-order valence-corrected chi connectivity index (χ0v) is 18.3. The number of hydrogen-bond acceptors (Lipinski definition) is 4. The van der Waals surface area contributed by atoms with Crippen molar-refractivity contribution in [1.82, 2.24) is 15.2 Å². The number of rotatable bonds is 9. The molecule has 1 aliphatic carbocycles. The van der Waals surface area contributed by atoms with Crippen molar-refractivity contribution in [1.29, 1.82) is 0 Å². The van der Waals surface area contributed by atoms with E-state index in [4.69, 9.17) is 0 Å². The van der Waals surface area contributed by atoms with E-state index in [1.54, 1.807) is 29.3 Å². The van der Waals surface area contributed by atoms with Gasteiger partial charge in [0.15, 0.2) is 0 Å². The first-order valence-electron chi connectivity index (χ1n) is 10.9. The second kappa shape index (κ2) is 11.4. The molecular weight excluding hydrogens is 411 g/mol. The fraction of sp³-hybridized carbons (Fsp3) is 0.417. The third kappa shape index (κ3) is 7.14. The summed E-state index contributed by atoms with van der Waals surface area (Å²) >= 11 is 0. The molecule has 0 aliphatic heterocycles. The van der Waals surface area contributed by atoms with Crippen LogP contribution in [0.5, 0.6) is 0 Å². The number of hydrogen-bond donors (Lipinski definition) is 2. The SMILES string of the molecule is Cc1ccnc(NC(=O)CCC(=O)N(CC(=O)NCc2ccc(F)cc2)C2CCCC2)c1. The molecule has 32 heavy (non-hydrogen) atoms. The number of nitrogens with zero attached hydrogens (tertiary/aromatic N) is 2. The van der Waals surface area contributed by atoms with E-state index in [0.717, 1.165) is 36.8 Å². The number of aromatic nitrogens is 1. The van der Waals surface area contributed by atoms with Gasteiger partial charge in [-0.2, -0.15) is 0 Å². The van der Waals surface area contributed by atoms with E-state index >= 15 is 0 Å². The first kappa shape index (κ1) is 23.4. The number of amides is 3. The number of aryl methyl sites for hydroxylation is 1. The van der Waals surface area contributed by atoms with Crippen LogP contribution in [-0.4, -0.2) is 40.2 Å². The maximum atomic E-state index is 13.0. The highest BCUT2D eigenvalue weighted by atomic mass is 19.1. The molecule has 1 aromatic carbocycles. The molecule has 0 atom stereocenters. The van der Waals surface area contributed by atoms with Crippen LogP contribution in [0, 0.1) is 12.7 Å². The molecule has 0 saturated heterocycles. The van der Waals surface area contributed by atoms with Crippen LogP contribution < -0.4 is 10.6 Å². The quantitative estimate of drug-likeness (QED) is 0.626. The molecule has 0 radical (unpaired) electrons. The van der Waals surface area contributed by atoms with Crippen molar-refractivity contribution in [3.63, 3.8) is 0 Å². The minimum absolute atomic E-state index is 0.0144. The van der Waals surface area contributed by atoms with Gasteiger partial charge in [0.25, 0.3) is 0 Å². The average molecular weight is 441 g/mol. The van der Waals surface area contributed by atoms with Crippen molar-refractivity contribution in [2.75, 3.05) is 11.9 Å². The summed E-state index contributed by atoms with van der Waals surface area (Å²) in [6, 6.07) is 9.51. The Bertz CT molecular complexity index is 943. The highest BCUT2D eigenvalue weighted by Gasteiger charge is 2.28. The van der Waals surface area contributed by atoms with Gasteiger partial charge < -0.3 is 15.5 Å². The predicted octanol–water partition coefficient (Wildman–Crippen LogP) is 3.34. The Hall–Kier alpha value is -3.29. The van der Waals surface area contributed by atoms with Gasteiger partial charge in [0.2, 0.25) is 17.7 Å². The van der Waals surface area contributed by atoms with Gasteiger partial charge in [-0.1, -0.05) is 25.0 Å². The molecule has 0 spiro atoms. The number of benzene rings is 1. The summed E-state index contributed by atoms with van der Waals surface area (Å²) in [6.07, 6.45) is 5.42. The molecule has 2 aromatic rings. The van der Waals surface area contributed by atoms with Crippen molar-refractivity contribution < 1.29 is 18.8 Å². The molecule has 3 rings (SSSR count). The van der Waals surface area contributed by atoms with Gasteiger partial charge in [-0.25, -0.2) is 9.37 Å². The number of nitrogens with one attached hydrogen (secondary N) is 2. The number of halogens is 1. The van der Waals surface area contributed by atoms with Gasteiger partial charge in [0, 0.05) is 31.6 Å². The Kier molecular flexibility index (Phi) is 8.30. The Morgan fingerprint density at radius 3 is 2.47 bits per heavy atom. The highest BCUT2D eigenvalue weighted by molar-refractivity contribution is 5.93. The summed E-state index contributed by atoms with van der Waals surface area (Å²) in [5, 5.41) is 5.49. The molecule has 0 unspecified atom stereocenters. The predicted molar refractivity (Wildman–Crippen MR) is 119 cm³/mol. The van der Waals surface area contributed by atoms with Gasteiger partial charge in [-0.05, 0) is 55.2 Å². The third-order valence-electron chi connectivity index (χ3n) is 5.55. The van der Waals surface area contributed by atoms with E-state index in [9.17, 15) is 18.8 Å². The number of anilines is 1. The second-order valence-corrected chi connectivity index (χ2v) is 8.13. The molecule has 1 heterocycles. The smallest absolute Gasteiger partial charge is 0.239 e. The van der Waals surface area contributed by atoms with E-state index in [1.807, 2.05) is 13.0 Å². The van der Waals surface area contributed by atoms with Gasteiger partial charge >= 0.3 is 0 Å². The number of carbonyl (C=O) groups excluding carboxylic acids is 3. The van der Waals surface area contributed by atoms with Crippen LogP contribution in [0.3, 0.4) is 0 Å². The zero-order valence-electron chi connectivity index (χ0n) is 18.3. The van der Waals surface area contributed by atoms with Gasteiger partial charge in [0.05, 0.1) is 6.54 Å². The fourth-order valence-electron chi connectivity index (χ4n) is 3.82. The summed E-state index contributed by atoms with van der Waals surface area (Å²) in [6.45, 7) is 2.12. The summed E-state index contributed by atoms with van der Waals surface area (Å²) in [5.74, 6) is -0.650. The fourth-order valence-corrected chi connectivity index (χ4v) is 3.82. The van der Waals surface area contributed by atoms with Crippen molar-refractivity contribution >= 4 is 23.5 Å². The van der Waals surface area contributed by atoms with Crippen LogP contribution in [0.2, 0.25) is 0 Å². The lowest BCUT2D eigenvalue weighted by Gasteiger charge is -2.28. The molecule has 1 aliphatic rings. The van der Waals surface area contributed by atoms with Crippen LogP contribution in [0.4, 0.5) is 10.2 Å². The minimum atomic E-state index is -0.333. The summed E-state index contributed by atoms with van der Waals surface area (Å²) in [7, 11) is 0. The standard InChI is InChI=1S/C24H29FN4O3/c1-17-12-13-26-21(14-17)28-22(30)10-11-24(32)29(20-4-2-3-5-20)16-23(31)27-15-18-6-8-19(25)9-7-18/h6-9,12-14,20H,2-5,10-11,15-16H2,1H3,(H,27,31)(H,26,28,30). The highest BCUT2D eigenvalue weighted by Crippen LogP contribution is 2.24. The Balaban J connectivity index is 1.52. The lowest BCUT2D eigenvalue weighted by molar-refractivity contribution is -0.139. The number of carbonyl (C=O) groups is 3. The van der Waals surface area contributed by atoms with Gasteiger partial charge in [0.1, 0.15) is 11.6 Å². The van der Waals surface area contributed by atoms with E-state index in [0.29, 0.717) is 5.82 Å². The van der Waals surface area contributed by atoms with Crippen LogP contribution in [0.1, 0.15) is 49.7 Å². The van der Waals surface area contributed by atoms with Crippen LogP contribution in [0.25, 0.3) is 0 Å². The average Bonchev–Trinajstić information content (AvgIpc) is 3.30. The molecule has 7 nitrogen and oxygen atoms in total. The van der Waals surface area contributed by atoms with Crippen LogP contribution in [0.15, 0.2) is 42.6 Å². The van der Waals surface area contributed by atoms with E-state index in [1.165, 1.54) is 12.1 Å². The summed E-state index contributed by atoms with van der Waals surface area (Å²) in [4.78, 5) is 43.3. The van der Waals surface area contributed by atoms with Crippen molar-refractivity contribution in [3.05, 3.63) is 59.5 Å². The Labute approximate surface area is 187 Å². The summed E-state index contributed by atoms with van der Waals surface area (Å²) < 4.78 is 13.0. The molecule has 3 amide bonds. The van der Waals surface area contributed by atoms with E-state index < -0.39 is 0 Å². The zero-order chi connectivity index (χ0) is 22.9. The molecule has 1 saturated carbocycles. The van der Waals surface area contributed by atoms with Crippen molar-refractivity contribution in [2.45, 2.75) is 58.0 Å². The van der Waals surface area contributed by atoms with Crippen LogP contribution >= 0.6 is 0 Å². The summed E-state index contributed by atoms with van der Waals surface area (Å²) in [5.41, 5.74) is 1.75. The monoisotopic (exact) mass is 440 g/mol. The lowest BCUT2D eigenvalue weighted by Crippen LogP contribution is -2.45. The van der Waals surface area contributed by atoms with Crippen molar-refractivity contribution in [2.24, 2.45) is 0 Å². The van der Waals surface area contributed by atoms with E-state index in [-0.39, 0.29) is 55.5 Å². The molecule has 1 fully saturated rings.